The van der Waals surface area contributed by atoms with Gasteiger partial charge in [-0.2, -0.15) is 18.3 Å². The molecule has 0 unspecified atom stereocenters. The number of nitrogens with zero attached hydrogens (tertiary/aromatic N) is 2. The Hall–Kier alpha value is -1.30. The van der Waals surface area contributed by atoms with Gasteiger partial charge >= 0.3 is 6.18 Å². The summed E-state index contributed by atoms with van der Waals surface area (Å²) in [5.74, 6) is 0. The molecule has 0 aliphatic carbocycles. The number of hydrogen-bond donors (Lipinski definition) is 1. The minimum absolute atomic E-state index is 0.298. The van der Waals surface area contributed by atoms with Crippen LogP contribution in [0, 0.1) is 0 Å². The predicted octanol–water partition coefficient (Wildman–Crippen LogP) is 2.46. The van der Waals surface area contributed by atoms with Crippen molar-refractivity contribution < 1.29 is 13.2 Å². The summed E-state index contributed by atoms with van der Waals surface area (Å²) in [4.78, 5) is 0. The fraction of sp³-hybridized carbons (Fsp3) is 0.545. The second-order valence-corrected chi connectivity index (χ2v) is 3.85. The lowest BCUT2D eigenvalue weighted by atomic mass is 10.3. The largest absolute Gasteiger partial charge is 0.419 e. The summed E-state index contributed by atoms with van der Waals surface area (Å²) >= 11 is 0. The molecule has 0 radical (unpaired) electrons. The molecular weight excluding hydrogens is 231 g/mol. The molecule has 6 heteroatoms. The average molecular weight is 247 g/mol. The molecule has 0 saturated carbocycles. The highest BCUT2D eigenvalue weighted by atomic mass is 19.4. The molecule has 1 N–H and O–H groups in total. The number of halogens is 3. The molecule has 1 rings (SSSR count). The Bertz CT molecular complexity index is 368. The van der Waals surface area contributed by atoms with Crippen LogP contribution in [0.5, 0.6) is 0 Å². The number of rotatable bonds is 6. The Morgan fingerprint density at radius 3 is 2.76 bits per heavy atom. The third-order valence-electron chi connectivity index (χ3n) is 2.15. The first-order chi connectivity index (χ1) is 7.93. The maximum atomic E-state index is 12.3. The molecule has 0 aliphatic heterocycles. The summed E-state index contributed by atoms with van der Waals surface area (Å²) in [6.07, 6.45) is -1.51. The van der Waals surface area contributed by atoms with E-state index in [1.54, 1.807) is 0 Å². The topological polar surface area (TPSA) is 29.9 Å². The highest BCUT2D eigenvalue weighted by Gasteiger charge is 2.32. The van der Waals surface area contributed by atoms with Gasteiger partial charge in [-0.15, -0.1) is 0 Å². The van der Waals surface area contributed by atoms with Gasteiger partial charge in [0.25, 0.3) is 0 Å². The van der Waals surface area contributed by atoms with E-state index in [1.807, 2.05) is 6.92 Å². The van der Waals surface area contributed by atoms with Gasteiger partial charge in [0.05, 0.1) is 18.3 Å². The van der Waals surface area contributed by atoms with Gasteiger partial charge in [0.1, 0.15) is 0 Å². The predicted molar refractivity (Wildman–Crippen MR) is 59.5 cm³/mol. The molecular formula is C11H16F3N3. The fourth-order valence-corrected chi connectivity index (χ4v) is 1.32. The van der Waals surface area contributed by atoms with Crippen LogP contribution in [0.3, 0.4) is 0 Å². The van der Waals surface area contributed by atoms with Gasteiger partial charge in [-0.25, -0.2) is 0 Å². The molecule has 1 heterocycles. The minimum atomic E-state index is -4.33. The molecule has 0 amide bonds. The van der Waals surface area contributed by atoms with E-state index in [9.17, 15) is 13.2 Å². The first-order valence-electron chi connectivity index (χ1n) is 5.40. The molecule has 96 valence electrons. The second-order valence-electron chi connectivity index (χ2n) is 3.85. The molecule has 0 saturated heterocycles. The van der Waals surface area contributed by atoms with Crippen molar-refractivity contribution in [2.24, 2.45) is 0 Å². The summed E-state index contributed by atoms with van der Waals surface area (Å²) in [6, 6.07) is 0. The third-order valence-corrected chi connectivity index (χ3v) is 2.15. The summed E-state index contributed by atoms with van der Waals surface area (Å²) in [7, 11) is 0. The van der Waals surface area contributed by atoms with Crippen molar-refractivity contribution in [1.82, 2.24) is 15.1 Å². The Balaban J connectivity index is 2.46. The van der Waals surface area contributed by atoms with Crippen molar-refractivity contribution in [3.63, 3.8) is 0 Å². The summed E-state index contributed by atoms with van der Waals surface area (Å²) < 4.78 is 38.1. The van der Waals surface area contributed by atoms with E-state index < -0.39 is 11.7 Å². The third kappa shape index (κ3) is 4.60. The number of nitrogens with one attached hydrogen (secondary N) is 1. The number of hydrogen-bond acceptors (Lipinski definition) is 2. The van der Waals surface area contributed by atoms with Crippen LogP contribution in [-0.2, 0) is 12.7 Å². The second kappa shape index (κ2) is 5.86. The van der Waals surface area contributed by atoms with E-state index in [0.29, 0.717) is 13.1 Å². The van der Waals surface area contributed by atoms with Gasteiger partial charge in [0.2, 0.25) is 0 Å². The van der Waals surface area contributed by atoms with Crippen LogP contribution < -0.4 is 5.32 Å². The first-order valence-corrected chi connectivity index (χ1v) is 5.40. The monoisotopic (exact) mass is 247 g/mol. The van der Waals surface area contributed by atoms with Crippen molar-refractivity contribution >= 4 is 0 Å². The van der Waals surface area contributed by atoms with Gasteiger partial charge in [0, 0.05) is 12.7 Å². The van der Waals surface area contributed by atoms with E-state index >= 15 is 0 Å². The lowest BCUT2D eigenvalue weighted by molar-refractivity contribution is -0.137. The Morgan fingerprint density at radius 1 is 1.53 bits per heavy atom. The lowest BCUT2D eigenvalue weighted by Crippen LogP contribution is -2.19. The summed E-state index contributed by atoms with van der Waals surface area (Å²) in [6.45, 7) is 7.59. The van der Waals surface area contributed by atoms with Crippen molar-refractivity contribution in [1.29, 1.82) is 0 Å². The summed E-state index contributed by atoms with van der Waals surface area (Å²) in [5.41, 5.74) is 0.0714. The molecule has 0 fully saturated rings. The standard InChI is InChI=1S/C11H16F3N3/c1-3-4-15-5-9(2)7-17-8-10(6-16-17)11(12,13)14/h6,8,15H,2-5,7H2,1H3. The van der Waals surface area contributed by atoms with Gasteiger partial charge in [-0.05, 0) is 18.5 Å². The van der Waals surface area contributed by atoms with Crippen LogP contribution in [0.15, 0.2) is 24.5 Å². The Labute approximate surface area is 98.3 Å². The van der Waals surface area contributed by atoms with Crippen molar-refractivity contribution in [3.05, 3.63) is 30.1 Å². The van der Waals surface area contributed by atoms with Crippen LogP contribution in [0.1, 0.15) is 18.9 Å². The molecule has 0 atom stereocenters. The molecule has 0 spiro atoms. The molecule has 0 bridgehead atoms. The molecule has 1 aromatic rings. The zero-order valence-electron chi connectivity index (χ0n) is 9.72. The van der Waals surface area contributed by atoms with E-state index in [1.165, 1.54) is 4.68 Å². The molecule has 1 aromatic heterocycles. The normalized spacial score (nSPS) is 11.8. The molecule has 3 nitrogen and oxygen atoms in total. The zero-order valence-corrected chi connectivity index (χ0v) is 9.72. The van der Waals surface area contributed by atoms with Crippen molar-refractivity contribution in [2.45, 2.75) is 26.1 Å². The van der Waals surface area contributed by atoms with Gasteiger partial charge in [-0.1, -0.05) is 13.5 Å². The van der Waals surface area contributed by atoms with E-state index in [0.717, 1.165) is 30.9 Å². The van der Waals surface area contributed by atoms with Crippen LogP contribution in [0.2, 0.25) is 0 Å². The summed E-state index contributed by atoms with van der Waals surface area (Å²) in [5, 5.41) is 6.79. The van der Waals surface area contributed by atoms with E-state index in [2.05, 4.69) is 17.0 Å². The maximum absolute atomic E-state index is 12.3. The SMILES string of the molecule is C=C(CNCCC)Cn1cc(C(F)(F)F)cn1. The van der Waals surface area contributed by atoms with Crippen LogP contribution >= 0.6 is 0 Å². The van der Waals surface area contributed by atoms with E-state index in [4.69, 9.17) is 0 Å². The zero-order chi connectivity index (χ0) is 12.9. The number of alkyl halides is 3. The van der Waals surface area contributed by atoms with Gasteiger partial charge < -0.3 is 5.32 Å². The smallest absolute Gasteiger partial charge is 0.313 e. The Kier molecular flexibility index (Phi) is 4.74. The van der Waals surface area contributed by atoms with Crippen molar-refractivity contribution in [3.8, 4) is 0 Å². The van der Waals surface area contributed by atoms with Crippen LogP contribution in [0.4, 0.5) is 13.2 Å². The molecule has 17 heavy (non-hydrogen) atoms. The van der Waals surface area contributed by atoms with E-state index in [-0.39, 0.29) is 0 Å². The van der Waals surface area contributed by atoms with Crippen LogP contribution in [-0.4, -0.2) is 22.9 Å². The highest BCUT2D eigenvalue weighted by Crippen LogP contribution is 2.28. The average Bonchev–Trinajstić information content (AvgIpc) is 2.66. The molecule has 0 aliphatic rings. The van der Waals surface area contributed by atoms with Gasteiger partial charge in [0.15, 0.2) is 0 Å². The minimum Gasteiger partial charge on any atom is -0.313 e. The van der Waals surface area contributed by atoms with Crippen LogP contribution in [0.25, 0.3) is 0 Å². The number of aromatic nitrogens is 2. The van der Waals surface area contributed by atoms with Crippen molar-refractivity contribution in [2.75, 3.05) is 13.1 Å². The Morgan fingerprint density at radius 2 is 2.24 bits per heavy atom. The lowest BCUT2D eigenvalue weighted by Gasteiger charge is -2.07. The first kappa shape index (κ1) is 13.8. The maximum Gasteiger partial charge on any atom is 0.419 e. The highest BCUT2D eigenvalue weighted by molar-refractivity contribution is 5.09. The van der Waals surface area contributed by atoms with Gasteiger partial charge in [-0.3, -0.25) is 4.68 Å². The quantitative estimate of drug-likeness (QED) is 0.618. The fourth-order valence-electron chi connectivity index (χ4n) is 1.32. The molecule has 0 aromatic carbocycles.